The van der Waals surface area contributed by atoms with Gasteiger partial charge in [0, 0.05) is 17.2 Å². The maximum Gasteiger partial charge on any atom is 0.416 e. The summed E-state index contributed by atoms with van der Waals surface area (Å²) in [7, 11) is 0. The first-order valence-electron chi connectivity index (χ1n) is 12.4. The average molecular weight is 521 g/mol. The second-order valence-corrected chi connectivity index (χ2v) is 10.4. The Morgan fingerprint density at radius 2 is 1.76 bits per heavy atom. The van der Waals surface area contributed by atoms with Gasteiger partial charge in [-0.25, -0.2) is 4.90 Å². The predicted octanol–water partition coefficient (Wildman–Crippen LogP) is 5.63. The van der Waals surface area contributed by atoms with E-state index < -0.39 is 34.8 Å². The van der Waals surface area contributed by atoms with Crippen molar-refractivity contribution in [2.45, 2.75) is 43.6 Å². The summed E-state index contributed by atoms with van der Waals surface area (Å²) in [5, 5.41) is 10.8. The number of benzene rings is 3. The highest BCUT2D eigenvalue weighted by Crippen LogP contribution is 2.62. The molecule has 3 aliphatic heterocycles. The number of rotatable bonds is 5. The Kier molecular flexibility index (Phi) is 5.34. The van der Waals surface area contributed by atoms with Crippen LogP contribution in [0.15, 0.2) is 60.7 Å². The van der Waals surface area contributed by atoms with Crippen LogP contribution < -0.4 is 9.64 Å². The lowest BCUT2D eigenvalue weighted by atomic mass is 9.67. The van der Waals surface area contributed by atoms with E-state index in [4.69, 9.17) is 9.47 Å². The largest absolute Gasteiger partial charge is 0.493 e. The average Bonchev–Trinajstić information content (AvgIpc) is 3.47. The SMILES string of the molecule is CC12CCC(CCOc3cccc(C(F)(F)F)c3)(O1)C1C(=O)N(c3ccc(C#N)c4ccccc34)C(=O)C12. The van der Waals surface area contributed by atoms with Gasteiger partial charge in [0.1, 0.15) is 5.75 Å². The Morgan fingerprint density at radius 3 is 2.50 bits per heavy atom. The van der Waals surface area contributed by atoms with Crippen LogP contribution in [0, 0.1) is 23.2 Å². The van der Waals surface area contributed by atoms with E-state index in [1.807, 2.05) is 6.92 Å². The number of amides is 2. The summed E-state index contributed by atoms with van der Waals surface area (Å²) in [6.07, 6.45) is -3.11. The summed E-state index contributed by atoms with van der Waals surface area (Å²) in [6.45, 7) is 1.88. The number of fused-ring (bicyclic) bond motifs is 6. The molecule has 2 bridgehead atoms. The van der Waals surface area contributed by atoms with Crippen LogP contribution in [-0.4, -0.2) is 29.6 Å². The lowest BCUT2D eigenvalue weighted by Gasteiger charge is -2.31. The van der Waals surface area contributed by atoms with E-state index in [9.17, 15) is 28.0 Å². The second-order valence-electron chi connectivity index (χ2n) is 10.4. The van der Waals surface area contributed by atoms with E-state index in [0.717, 1.165) is 12.1 Å². The van der Waals surface area contributed by atoms with Gasteiger partial charge in [-0.05, 0) is 50.1 Å². The molecule has 0 radical (unpaired) electrons. The number of imide groups is 1. The van der Waals surface area contributed by atoms with Gasteiger partial charge in [0.2, 0.25) is 11.8 Å². The number of ether oxygens (including phenoxy) is 2. The number of alkyl halides is 3. The Balaban J connectivity index is 1.30. The third kappa shape index (κ3) is 3.51. The molecule has 3 saturated heterocycles. The van der Waals surface area contributed by atoms with Crippen LogP contribution in [-0.2, 0) is 20.5 Å². The Hall–Kier alpha value is -3.90. The quantitative estimate of drug-likeness (QED) is 0.408. The van der Waals surface area contributed by atoms with Gasteiger partial charge in [-0.1, -0.05) is 30.3 Å². The molecule has 6 rings (SSSR count). The summed E-state index contributed by atoms with van der Waals surface area (Å²) >= 11 is 0. The third-order valence-corrected chi connectivity index (χ3v) is 8.23. The minimum Gasteiger partial charge on any atom is -0.493 e. The lowest BCUT2D eigenvalue weighted by molar-refractivity contribution is -0.138. The molecule has 4 atom stereocenters. The molecule has 3 aliphatic rings. The van der Waals surface area contributed by atoms with Gasteiger partial charge < -0.3 is 9.47 Å². The van der Waals surface area contributed by atoms with Gasteiger partial charge in [-0.2, -0.15) is 18.4 Å². The standard InChI is InChI=1S/C29H23F3N2O4/c1-27-11-12-28(38-27,13-14-37-19-6-4-5-18(15-19)29(30,31)32)24-23(27)25(35)34(26(24)36)22-10-9-17(16-33)20-7-2-3-8-21(20)22/h2-10,15,23-24H,11-14H2,1H3. The number of anilines is 1. The van der Waals surface area contributed by atoms with Crippen molar-refractivity contribution in [2.24, 2.45) is 11.8 Å². The van der Waals surface area contributed by atoms with Crippen molar-refractivity contribution < 1.29 is 32.2 Å². The molecule has 0 aromatic heterocycles. The summed E-state index contributed by atoms with van der Waals surface area (Å²) < 4.78 is 51.3. The first-order valence-corrected chi connectivity index (χ1v) is 12.4. The van der Waals surface area contributed by atoms with Gasteiger partial charge in [0.15, 0.2) is 0 Å². The number of hydrogen-bond acceptors (Lipinski definition) is 5. The maximum atomic E-state index is 13.9. The van der Waals surface area contributed by atoms with E-state index in [2.05, 4.69) is 6.07 Å². The lowest BCUT2D eigenvalue weighted by Crippen LogP contribution is -2.43. The van der Waals surface area contributed by atoms with Crippen LogP contribution in [0.4, 0.5) is 18.9 Å². The van der Waals surface area contributed by atoms with E-state index in [1.165, 1.54) is 17.0 Å². The molecule has 3 aromatic carbocycles. The normalized spacial score (nSPS) is 28.1. The van der Waals surface area contributed by atoms with Crippen molar-refractivity contribution >= 4 is 28.3 Å². The zero-order chi connectivity index (χ0) is 26.9. The molecule has 4 unspecified atom stereocenters. The molecule has 38 heavy (non-hydrogen) atoms. The Labute approximate surface area is 216 Å². The molecule has 0 N–H and O–H groups in total. The topological polar surface area (TPSA) is 79.6 Å². The first kappa shape index (κ1) is 24.4. The molecule has 0 spiro atoms. The fourth-order valence-corrected chi connectivity index (χ4v) is 6.53. The highest BCUT2D eigenvalue weighted by atomic mass is 19.4. The fourth-order valence-electron chi connectivity index (χ4n) is 6.53. The number of carbonyl (C=O) groups excluding carboxylic acids is 2. The maximum absolute atomic E-state index is 13.9. The molecule has 6 nitrogen and oxygen atoms in total. The van der Waals surface area contributed by atoms with Gasteiger partial charge >= 0.3 is 6.18 Å². The monoisotopic (exact) mass is 520 g/mol. The van der Waals surface area contributed by atoms with Crippen LogP contribution in [0.5, 0.6) is 5.75 Å². The molecule has 3 heterocycles. The fraction of sp³-hybridized carbons (Fsp3) is 0.345. The van der Waals surface area contributed by atoms with E-state index in [-0.39, 0.29) is 30.6 Å². The van der Waals surface area contributed by atoms with Crippen LogP contribution in [0.3, 0.4) is 0 Å². The van der Waals surface area contributed by atoms with Crippen molar-refractivity contribution in [3.8, 4) is 11.8 Å². The van der Waals surface area contributed by atoms with Crippen molar-refractivity contribution in [1.29, 1.82) is 5.26 Å². The third-order valence-electron chi connectivity index (χ3n) is 8.23. The minimum atomic E-state index is -4.48. The predicted molar refractivity (Wildman–Crippen MR) is 131 cm³/mol. The van der Waals surface area contributed by atoms with Crippen molar-refractivity contribution in [3.05, 3.63) is 71.8 Å². The molecular formula is C29H23F3N2O4. The number of nitriles is 1. The first-order chi connectivity index (χ1) is 18.1. The molecule has 0 saturated carbocycles. The van der Waals surface area contributed by atoms with E-state index >= 15 is 0 Å². The Bertz CT molecular complexity index is 1530. The summed E-state index contributed by atoms with van der Waals surface area (Å²) in [5.41, 5.74) is -1.71. The molecule has 2 amide bonds. The van der Waals surface area contributed by atoms with E-state index in [1.54, 1.807) is 36.4 Å². The number of hydrogen-bond donors (Lipinski definition) is 0. The highest BCUT2D eigenvalue weighted by molar-refractivity contribution is 6.26. The van der Waals surface area contributed by atoms with E-state index in [0.29, 0.717) is 34.9 Å². The Morgan fingerprint density at radius 1 is 1.03 bits per heavy atom. The highest BCUT2D eigenvalue weighted by Gasteiger charge is 2.73. The minimum absolute atomic E-state index is 0.0296. The number of nitrogens with zero attached hydrogens (tertiary/aromatic N) is 2. The molecule has 0 aliphatic carbocycles. The van der Waals surface area contributed by atoms with Crippen molar-refractivity contribution in [3.63, 3.8) is 0 Å². The van der Waals surface area contributed by atoms with Crippen LogP contribution in [0.2, 0.25) is 0 Å². The molecule has 9 heteroatoms. The van der Waals surface area contributed by atoms with Crippen LogP contribution in [0.1, 0.15) is 37.3 Å². The zero-order valence-corrected chi connectivity index (χ0v) is 20.4. The molecule has 194 valence electrons. The second kappa shape index (κ2) is 8.30. The van der Waals surface area contributed by atoms with Crippen molar-refractivity contribution in [1.82, 2.24) is 0 Å². The summed E-state index contributed by atoms with van der Waals surface area (Å²) in [4.78, 5) is 28.9. The van der Waals surface area contributed by atoms with Gasteiger partial charge in [-0.15, -0.1) is 0 Å². The van der Waals surface area contributed by atoms with Gasteiger partial charge in [-0.3, -0.25) is 9.59 Å². The van der Waals surface area contributed by atoms with Crippen LogP contribution in [0.25, 0.3) is 10.8 Å². The smallest absolute Gasteiger partial charge is 0.416 e. The summed E-state index contributed by atoms with van der Waals surface area (Å²) in [5.74, 6) is -2.03. The van der Waals surface area contributed by atoms with Gasteiger partial charge in [0.05, 0.1) is 52.5 Å². The van der Waals surface area contributed by atoms with Gasteiger partial charge in [0.25, 0.3) is 0 Å². The van der Waals surface area contributed by atoms with Crippen LogP contribution >= 0.6 is 0 Å². The molecule has 3 fully saturated rings. The molecular weight excluding hydrogens is 497 g/mol. The zero-order valence-electron chi connectivity index (χ0n) is 20.4. The molecule has 3 aromatic rings. The number of halogens is 3. The summed E-state index contributed by atoms with van der Waals surface area (Å²) in [6, 6.07) is 17.2. The van der Waals surface area contributed by atoms with Crippen molar-refractivity contribution in [2.75, 3.05) is 11.5 Å². The number of carbonyl (C=O) groups is 2.